The molecule has 2 N–H and O–H groups in total. The van der Waals surface area contributed by atoms with E-state index in [2.05, 4.69) is 0 Å². The molecule has 2 aromatic rings. The average molecular weight is 581 g/mol. The molecule has 1 aliphatic carbocycles. The second-order valence-corrected chi connectivity index (χ2v) is 9.55. The second-order valence-electron chi connectivity index (χ2n) is 8.39. The number of hydrogen-bond acceptors (Lipinski definition) is 7. The second kappa shape index (κ2) is 10.4. The summed E-state index contributed by atoms with van der Waals surface area (Å²) < 4.78 is 29.0. The molecule has 2 aromatic carbocycles. The van der Waals surface area contributed by atoms with Gasteiger partial charge in [-0.1, -0.05) is 0 Å². The molecule has 2 aliphatic rings. The number of benzene rings is 1. The Balaban J connectivity index is 2.03. The third-order valence-electron chi connectivity index (χ3n) is 6.32. The van der Waals surface area contributed by atoms with Crippen molar-refractivity contribution in [1.82, 2.24) is 0 Å². The Morgan fingerprint density at radius 1 is 1.09 bits per heavy atom. The van der Waals surface area contributed by atoms with Gasteiger partial charge < -0.3 is 29.4 Å². The lowest BCUT2D eigenvalue weighted by Gasteiger charge is -2.19. The topological polar surface area (TPSA) is 106 Å². The molecule has 0 unspecified atom stereocenters. The Morgan fingerprint density at radius 2 is 1.85 bits per heavy atom. The minimum Gasteiger partial charge on any atom is -0.493 e. The van der Waals surface area contributed by atoms with Crippen molar-refractivity contribution in [3.63, 3.8) is 0 Å². The van der Waals surface area contributed by atoms with Crippen LogP contribution in [0.25, 0.3) is 11.1 Å². The van der Waals surface area contributed by atoms with Crippen LogP contribution in [-0.2, 0) is 16.0 Å². The number of carbonyl (C=O) groups excluding carboxylic acids is 1. The standard InChI is InChI=1S/C25H28INO7/c1-30-20-8-14-5-4-13(9-21(27)28)16-11-19(34-15-6-7-33-12-15)23(29)18(26)10-17(16)22(14)25(32-3)24(20)31-2/h8,10-11,13,15H,4-7,9,12H2,1-3H3,(H2,27,28)/t13-,15-/m0/s1. The molecule has 1 saturated heterocycles. The lowest BCUT2D eigenvalue weighted by molar-refractivity contribution is -0.118. The molecule has 0 saturated carbocycles. The smallest absolute Gasteiger partial charge is 0.233 e. The van der Waals surface area contributed by atoms with Crippen molar-refractivity contribution < 1.29 is 28.5 Å². The zero-order valence-electron chi connectivity index (χ0n) is 19.4. The molecule has 34 heavy (non-hydrogen) atoms. The number of amides is 1. The van der Waals surface area contributed by atoms with Crippen LogP contribution in [-0.4, -0.2) is 46.6 Å². The molecule has 1 amide bonds. The summed E-state index contributed by atoms with van der Waals surface area (Å²) in [6, 6.07) is 5.54. The molecule has 1 heterocycles. The molecule has 0 aromatic heterocycles. The highest BCUT2D eigenvalue weighted by atomic mass is 127. The normalized spacial score (nSPS) is 18.9. The van der Waals surface area contributed by atoms with Gasteiger partial charge in [0.2, 0.25) is 17.1 Å². The molecule has 182 valence electrons. The molecule has 8 nitrogen and oxygen atoms in total. The number of primary amides is 1. The lowest BCUT2D eigenvalue weighted by Crippen LogP contribution is -2.20. The highest BCUT2D eigenvalue weighted by Crippen LogP contribution is 2.51. The van der Waals surface area contributed by atoms with Crippen molar-refractivity contribution >= 4 is 28.5 Å². The van der Waals surface area contributed by atoms with E-state index in [0.717, 1.165) is 28.7 Å². The predicted octanol–water partition coefficient (Wildman–Crippen LogP) is 3.42. The van der Waals surface area contributed by atoms with Gasteiger partial charge in [0.25, 0.3) is 0 Å². The van der Waals surface area contributed by atoms with E-state index < -0.39 is 5.91 Å². The van der Waals surface area contributed by atoms with E-state index in [1.165, 1.54) is 0 Å². The Labute approximate surface area is 211 Å². The van der Waals surface area contributed by atoms with E-state index in [1.807, 2.05) is 34.7 Å². The maximum atomic E-state index is 13.3. The monoisotopic (exact) mass is 581 g/mol. The van der Waals surface area contributed by atoms with Gasteiger partial charge in [-0.05, 0) is 76.2 Å². The number of carbonyl (C=O) groups is 1. The molecule has 1 aliphatic heterocycles. The summed E-state index contributed by atoms with van der Waals surface area (Å²) in [5.74, 6) is 1.17. The van der Waals surface area contributed by atoms with Crippen LogP contribution in [0.1, 0.15) is 36.3 Å². The maximum absolute atomic E-state index is 13.3. The van der Waals surface area contributed by atoms with Crippen LogP contribution < -0.4 is 30.1 Å². The number of rotatable bonds is 7. The summed E-state index contributed by atoms with van der Waals surface area (Å²) in [6.07, 6.45) is 2.00. The first kappa shape index (κ1) is 24.6. The van der Waals surface area contributed by atoms with E-state index in [-0.39, 0.29) is 29.6 Å². The zero-order valence-corrected chi connectivity index (χ0v) is 21.6. The Kier molecular flexibility index (Phi) is 7.51. The number of aryl methyl sites for hydroxylation is 1. The van der Waals surface area contributed by atoms with Gasteiger partial charge in [-0.3, -0.25) is 9.59 Å². The first-order chi connectivity index (χ1) is 16.4. The number of halogens is 1. The Morgan fingerprint density at radius 3 is 2.47 bits per heavy atom. The van der Waals surface area contributed by atoms with Crippen LogP contribution in [0.2, 0.25) is 0 Å². The van der Waals surface area contributed by atoms with Crippen molar-refractivity contribution in [3.8, 4) is 34.1 Å². The number of nitrogens with two attached hydrogens (primary N) is 1. The van der Waals surface area contributed by atoms with Crippen molar-refractivity contribution in [2.24, 2.45) is 5.73 Å². The number of ether oxygens (including phenoxy) is 5. The molecular weight excluding hydrogens is 553 g/mol. The maximum Gasteiger partial charge on any atom is 0.233 e. The van der Waals surface area contributed by atoms with Gasteiger partial charge in [-0.25, -0.2) is 0 Å². The summed E-state index contributed by atoms with van der Waals surface area (Å²) in [4.78, 5) is 25.3. The zero-order chi connectivity index (χ0) is 24.4. The first-order valence-corrected chi connectivity index (χ1v) is 12.2. The fraction of sp³-hybridized carbons (Fsp3) is 0.440. The quantitative estimate of drug-likeness (QED) is 0.500. The third-order valence-corrected chi connectivity index (χ3v) is 7.12. The SMILES string of the molecule is COc1cc2c(c(OC)c1OC)-c1cc(I)c(=O)c(O[C@H]3CCOC3)cc1[C@H](CC(N)=O)CC2. The van der Waals surface area contributed by atoms with Gasteiger partial charge in [-0.2, -0.15) is 0 Å². The van der Waals surface area contributed by atoms with Gasteiger partial charge in [-0.15, -0.1) is 0 Å². The summed E-state index contributed by atoms with van der Waals surface area (Å²) in [5, 5.41) is 0. The average Bonchev–Trinajstić information content (AvgIpc) is 3.25. The van der Waals surface area contributed by atoms with Crippen LogP contribution in [0.15, 0.2) is 23.0 Å². The van der Waals surface area contributed by atoms with Crippen molar-refractivity contribution in [2.45, 2.75) is 37.7 Å². The van der Waals surface area contributed by atoms with Crippen LogP contribution in [0.5, 0.6) is 23.0 Å². The van der Waals surface area contributed by atoms with Crippen molar-refractivity contribution in [1.29, 1.82) is 0 Å². The van der Waals surface area contributed by atoms with Crippen LogP contribution in [0, 0.1) is 3.57 Å². The lowest BCUT2D eigenvalue weighted by atomic mass is 9.90. The summed E-state index contributed by atoms with van der Waals surface area (Å²) in [7, 11) is 4.71. The molecular formula is C25H28INO7. The minimum atomic E-state index is -0.403. The third kappa shape index (κ3) is 4.68. The van der Waals surface area contributed by atoms with E-state index in [4.69, 9.17) is 29.4 Å². The van der Waals surface area contributed by atoms with Crippen LogP contribution in [0.3, 0.4) is 0 Å². The fourth-order valence-corrected chi connectivity index (χ4v) is 5.32. The molecule has 2 atom stereocenters. The predicted molar refractivity (Wildman–Crippen MR) is 135 cm³/mol. The summed E-state index contributed by atoms with van der Waals surface area (Å²) in [5.41, 5.74) is 8.81. The van der Waals surface area contributed by atoms with Crippen LogP contribution >= 0.6 is 22.6 Å². The first-order valence-electron chi connectivity index (χ1n) is 11.1. The summed E-state index contributed by atoms with van der Waals surface area (Å²) >= 11 is 2.04. The minimum absolute atomic E-state index is 0.151. The molecule has 1 fully saturated rings. The largest absolute Gasteiger partial charge is 0.493 e. The van der Waals surface area contributed by atoms with Gasteiger partial charge in [0.15, 0.2) is 17.2 Å². The van der Waals surface area contributed by atoms with Crippen molar-refractivity contribution in [3.05, 3.63) is 43.1 Å². The highest BCUT2D eigenvalue weighted by molar-refractivity contribution is 14.1. The molecule has 9 heteroatoms. The Bertz CT molecular complexity index is 1160. The highest BCUT2D eigenvalue weighted by Gasteiger charge is 2.31. The summed E-state index contributed by atoms with van der Waals surface area (Å²) in [6.45, 7) is 1.04. The molecule has 0 radical (unpaired) electrons. The van der Waals surface area contributed by atoms with E-state index >= 15 is 0 Å². The van der Waals surface area contributed by atoms with Gasteiger partial charge in [0.05, 0.1) is 38.1 Å². The van der Waals surface area contributed by atoms with Crippen LogP contribution in [0.4, 0.5) is 0 Å². The van der Waals surface area contributed by atoms with Gasteiger partial charge in [0, 0.05) is 18.4 Å². The van der Waals surface area contributed by atoms with Gasteiger partial charge >= 0.3 is 0 Å². The van der Waals surface area contributed by atoms with E-state index in [0.29, 0.717) is 46.9 Å². The van der Waals surface area contributed by atoms with Gasteiger partial charge in [0.1, 0.15) is 6.10 Å². The fourth-order valence-electron chi connectivity index (χ4n) is 4.74. The molecule has 0 spiro atoms. The van der Waals surface area contributed by atoms with E-state index in [1.54, 1.807) is 27.4 Å². The Hall–Kier alpha value is -2.53. The van der Waals surface area contributed by atoms with E-state index in [9.17, 15) is 9.59 Å². The van der Waals surface area contributed by atoms with Crippen molar-refractivity contribution in [2.75, 3.05) is 34.5 Å². The number of fused-ring (bicyclic) bond motifs is 3. The molecule has 4 rings (SSSR count). The molecule has 0 bridgehead atoms. The number of methoxy groups -OCH3 is 3. The number of hydrogen-bond donors (Lipinski definition) is 1.